The number of nitrogens with one attached hydrogen (secondary N) is 4. The molecule has 270 valence electrons. The first-order valence-corrected chi connectivity index (χ1v) is 19.0. The van der Waals surface area contributed by atoms with Crippen molar-refractivity contribution in [3.8, 4) is 0 Å². The highest BCUT2D eigenvalue weighted by molar-refractivity contribution is 7.65. The molecule has 4 fully saturated rings. The number of unbranched alkanes of at least 4 members (excludes halogenated alkanes) is 1. The number of Topliss-reactive ketones (excluding diaryl/α,β-unsaturated/α-hetero) is 1. The number of hydrogen-bond acceptors (Lipinski definition) is 7. The third-order valence-corrected chi connectivity index (χ3v) is 12.0. The Balaban J connectivity index is 1.46. The molecule has 0 spiro atoms. The summed E-state index contributed by atoms with van der Waals surface area (Å²) in [6, 6.07) is -3.27. The molecule has 3 aliphatic carbocycles. The molecule has 0 aromatic rings. The Labute approximate surface area is 290 Å². The molecule has 4 rings (SSSR count). The van der Waals surface area contributed by atoms with E-state index in [1.807, 2.05) is 20.8 Å². The van der Waals surface area contributed by atoms with E-state index in [4.69, 9.17) is 5.73 Å². The summed E-state index contributed by atoms with van der Waals surface area (Å²) in [5.74, 6) is -1.50. The zero-order valence-corrected chi connectivity index (χ0v) is 30.4. The highest BCUT2D eigenvalue weighted by atomic mass is 32.1. The van der Waals surface area contributed by atoms with Gasteiger partial charge in [0.05, 0.1) is 6.04 Å². The molecule has 1 heterocycles. The van der Waals surface area contributed by atoms with Crippen LogP contribution in [0.1, 0.15) is 105 Å². The van der Waals surface area contributed by atoms with Crippen molar-refractivity contribution in [3.05, 3.63) is 0 Å². The van der Waals surface area contributed by atoms with Gasteiger partial charge in [0.25, 0.3) is 5.91 Å². The molecule has 1 aliphatic heterocycles. The van der Waals surface area contributed by atoms with E-state index in [0.29, 0.717) is 42.8 Å². The van der Waals surface area contributed by atoms with E-state index in [1.54, 1.807) is 4.90 Å². The molecule has 0 radical (unpaired) electrons. The summed E-state index contributed by atoms with van der Waals surface area (Å²) in [4.78, 5) is 68.2. The Bertz CT molecular complexity index is 1200. The zero-order valence-electron chi connectivity index (χ0n) is 29.6. The van der Waals surface area contributed by atoms with Gasteiger partial charge in [-0.05, 0) is 66.7 Å². The molecule has 0 bridgehead atoms. The van der Waals surface area contributed by atoms with E-state index < -0.39 is 47.2 Å². The third-order valence-electron chi connectivity index (χ3n) is 11.5. The predicted molar refractivity (Wildman–Crippen MR) is 185 cm³/mol. The van der Waals surface area contributed by atoms with Crippen LogP contribution in [-0.4, -0.2) is 84.0 Å². The number of nitrogens with two attached hydrogens (primary N) is 1. The molecular formula is C35H59N6O6S+. The van der Waals surface area contributed by atoms with E-state index in [1.165, 1.54) is 6.42 Å². The van der Waals surface area contributed by atoms with Crippen LogP contribution in [0.4, 0.5) is 4.79 Å². The summed E-state index contributed by atoms with van der Waals surface area (Å²) in [5, 5.41) is 12.5. The average molecular weight is 692 g/mol. The van der Waals surface area contributed by atoms with Crippen LogP contribution >= 0.6 is 0 Å². The average Bonchev–Trinajstić information content (AvgIpc) is 3.32. The molecule has 0 aromatic heterocycles. The SMILES string of the molecule is CC(C)(C)[C@H](NC(=O)N[C@H](CNCCCC[S+]=O)C1CCCCC1)C(=O)N1CC2[C@@H]([C@H]1C(=O)NC(CC1CCC1)C(=O)C(N)=O)C2(C)C. The number of nitrogens with zero attached hydrogens (tertiary/aromatic N) is 1. The fourth-order valence-electron chi connectivity index (χ4n) is 8.23. The van der Waals surface area contributed by atoms with Crippen molar-refractivity contribution in [2.24, 2.45) is 40.2 Å². The predicted octanol–water partition coefficient (Wildman–Crippen LogP) is 2.66. The summed E-state index contributed by atoms with van der Waals surface area (Å²) >= 11 is 0.603. The normalized spacial score (nSPS) is 25.5. The van der Waals surface area contributed by atoms with Crippen LogP contribution in [0.3, 0.4) is 0 Å². The van der Waals surface area contributed by atoms with Crippen LogP contribution in [0, 0.1) is 34.5 Å². The van der Waals surface area contributed by atoms with Gasteiger partial charge in [-0.1, -0.05) is 73.1 Å². The van der Waals surface area contributed by atoms with Gasteiger partial charge in [0.1, 0.15) is 12.1 Å². The molecule has 13 heteroatoms. The van der Waals surface area contributed by atoms with Crippen LogP contribution < -0.4 is 27.0 Å². The molecule has 0 aromatic carbocycles. The third kappa shape index (κ3) is 9.31. The second kappa shape index (κ2) is 16.4. The number of hydrogen-bond donors (Lipinski definition) is 5. The van der Waals surface area contributed by atoms with Gasteiger partial charge in [-0.3, -0.25) is 19.2 Å². The Kier molecular flexibility index (Phi) is 13.0. The molecule has 5 amide bonds. The zero-order chi connectivity index (χ0) is 35.2. The topological polar surface area (TPSA) is 180 Å². The van der Waals surface area contributed by atoms with Crippen LogP contribution in [0.5, 0.6) is 0 Å². The fourth-order valence-corrected chi connectivity index (χ4v) is 8.55. The lowest BCUT2D eigenvalue weighted by molar-refractivity contribution is -0.145. The van der Waals surface area contributed by atoms with E-state index >= 15 is 0 Å². The largest absolute Gasteiger partial charge is 0.458 e. The van der Waals surface area contributed by atoms with Gasteiger partial charge < -0.3 is 31.9 Å². The maximum atomic E-state index is 14.4. The van der Waals surface area contributed by atoms with Crippen molar-refractivity contribution in [2.45, 2.75) is 129 Å². The summed E-state index contributed by atoms with van der Waals surface area (Å²) < 4.78 is 10.7. The molecule has 6 N–H and O–H groups in total. The number of urea groups is 1. The van der Waals surface area contributed by atoms with Gasteiger partial charge in [0.15, 0.2) is 0 Å². The molecule has 48 heavy (non-hydrogen) atoms. The molecule has 1 saturated heterocycles. The number of carbonyl (C=O) groups excluding carboxylic acids is 5. The van der Waals surface area contributed by atoms with Crippen molar-refractivity contribution >= 4 is 41.2 Å². The summed E-state index contributed by atoms with van der Waals surface area (Å²) in [6.45, 7) is 11.6. The maximum absolute atomic E-state index is 14.4. The van der Waals surface area contributed by atoms with Crippen molar-refractivity contribution in [1.82, 2.24) is 26.2 Å². The second-order valence-corrected chi connectivity index (χ2v) is 17.0. The Morgan fingerprint density at radius 3 is 2.21 bits per heavy atom. The second-order valence-electron chi connectivity index (χ2n) is 16.4. The number of primary amides is 1. The van der Waals surface area contributed by atoms with Gasteiger partial charge in [-0.2, -0.15) is 0 Å². The Morgan fingerprint density at radius 2 is 1.62 bits per heavy atom. The molecule has 12 nitrogen and oxygen atoms in total. The first-order valence-electron chi connectivity index (χ1n) is 18.1. The lowest BCUT2D eigenvalue weighted by Crippen LogP contribution is -2.62. The Morgan fingerprint density at radius 1 is 0.938 bits per heavy atom. The molecule has 6 atom stereocenters. The van der Waals surface area contributed by atoms with E-state index in [-0.39, 0.29) is 35.1 Å². The Hall–Kier alpha value is -2.67. The molecule has 2 unspecified atom stereocenters. The van der Waals surface area contributed by atoms with Gasteiger partial charge in [0, 0.05) is 29.8 Å². The van der Waals surface area contributed by atoms with Crippen molar-refractivity contribution in [2.75, 3.05) is 25.4 Å². The van der Waals surface area contributed by atoms with Crippen LogP contribution in [0.15, 0.2) is 0 Å². The quantitative estimate of drug-likeness (QED) is 0.0884. The monoisotopic (exact) mass is 691 g/mol. The van der Waals surface area contributed by atoms with Crippen LogP contribution in [0.2, 0.25) is 0 Å². The molecule has 4 aliphatic rings. The van der Waals surface area contributed by atoms with Crippen molar-refractivity contribution in [1.29, 1.82) is 0 Å². The number of rotatable bonds is 17. The number of piperidine rings is 1. The van der Waals surface area contributed by atoms with Gasteiger partial charge in [0.2, 0.25) is 23.4 Å². The minimum atomic E-state index is -1.08. The number of amides is 5. The lowest BCUT2D eigenvalue weighted by atomic mass is 9.80. The molecular weight excluding hydrogens is 632 g/mol. The summed E-state index contributed by atoms with van der Waals surface area (Å²) in [7, 11) is 0. The van der Waals surface area contributed by atoms with E-state index in [0.717, 1.165) is 64.3 Å². The van der Waals surface area contributed by atoms with Gasteiger partial charge >= 0.3 is 17.7 Å². The minimum absolute atomic E-state index is 0.0991. The highest BCUT2D eigenvalue weighted by Gasteiger charge is 2.70. The maximum Gasteiger partial charge on any atom is 0.458 e. The van der Waals surface area contributed by atoms with Crippen molar-refractivity contribution in [3.63, 3.8) is 0 Å². The van der Waals surface area contributed by atoms with Crippen molar-refractivity contribution < 1.29 is 28.2 Å². The number of likely N-dealkylation sites (tertiary alicyclic amines) is 1. The first kappa shape index (κ1) is 38.1. The lowest BCUT2D eigenvalue weighted by Gasteiger charge is -2.38. The fraction of sp³-hybridized carbons (Fsp3) is 0.857. The smallest absolute Gasteiger partial charge is 0.363 e. The first-order chi connectivity index (χ1) is 22.7. The highest BCUT2D eigenvalue weighted by Crippen LogP contribution is 2.65. The number of ketones is 1. The minimum Gasteiger partial charge on any atom is -0.363 e. The summed E-state index contributed by atoms with van der Waals surface area (Å²) in [5.41, 5.74) is 4.53. The van der Waals surface area contributed by atoms with E-state index in [9.17, 15) is 28.2 Å². The van der Waals surface area contributed by atoms with Crippen LogP contribution in [0.25, 0.3) is 0 Å². The van der Waals surface area contributed by atoms with E-state index in [2.05, 4.69) is 35.1 Å². The number of fused-ring (bicyclic) bond motifs is 1. The van der Waals surface area contributed by atoms with Gasteiger partial charge in [-0.25, -0.2) is 4.79 Å². The molecule has 3 saturated carbocycles. The summed E-state index contributed by atoms with van der Waals surface area (Å²) in [6.07, 6.45) is 10.5. The van der Waals surface area contributed by atoms with Crippen LogP contribution in [-0.2, 0) is 35.1 Å². The number of carbonyl (C=O) groups is 5. The standard InChI is InChI=1S/C35H58N6O6S/c1-34(2,3)29(40-33(46)39-25(22-14-7-6-8-15-22)19-37-16-9-10-17-48-47)32(45)41-20-23-26(35(23,4)5)27(41)31(44)38-24(28(42)30(36)43)18-21-12-11-13-21/h21-27,29,37H,6-20H2,1-5H3,(H4-,36,38,39,40,43,44,46)/p+1/t23?,24?,25-,26+,27+,29-/m1/s1. The van der Waals surface area contributed by atoms with Gasteiger partial charge in [-0.15, -0.1) is 0 Å².